The molecule has 2 amide bonds. The Balaban J connectivity index is 2.04. The average Bonchev–Trinajstić information content (AvgIpc) is 2.96. The number of aliphatic hydroxyl groups excluding tert-OH is 1. The van der Waals surface area contributed by atoms with E-state index in [4.69, 9.17) is 9.47 Å². The van der Waals surface area contributed by atoms with Gasteiger partial charge in [0, 0.05) is 11.3 Å². The lowest BCUT2D eigenvalue weighted by Gasteiger charge is -2.16. The summed E-state index contributed by atoms with van der Waals surface area (Å²) < 4.78 is 10.8. The molecule has 0 spiro atoms. The highest BCUT2D eigenvalue weighted by Crippen LogP contribution is 2.41. The van der Waals surface area contributed by atoms with Gasteiger partial charge in [0.25, 0.3) is 11.8 Å². The largest absolute Gasteiger partial charge is 0.496 e. The standard InChI is InChI=1S/C21H21NO5S/c1-3-27-15-10-8-14(9-11-15)22-20(24)18(19(21(22)25)28-13-12-23)16-6-4-5-7-17(16)26-2/h4-11,23H,3,12-13H2,1-2H3. The molecule has 28 heavy (non-hydrogen) atoms. The van der Waals surface area contributed by atoms with Gasteiger partial charge in [0.05, 0.1) is 36.5 Å². The van der Waals surface area contributed by atoms with Crippen LogP contribution in [0.3, 0.4) is 0 Å². The first kappa shape index (κ1) is 20.0. The maximum Gasteiger partial charge on any atom is 0.272 e. The third-order valence-electron chi connectivity index (χ3n) is 4.16. The molecule has 0 aliphatic carbocycles. The first-order chi connectivity index (χ1) is 13.6. The molecule has 1 aliphatic rings. The predicted molar refractivity (Wildman–Crippen MR) is 110 cm³/mol. The zero-order valence-electron chi connectivity index (χ0n) is 15.7. The van der Waals surface area contributed by atoms with Crippen LogP contribution in [0.25, 0.3) is 5.57 Å². The normalized spacial score (nSPS) is 14.0. The van der Waals surface area contributed by atoms with Crippen LogP contribution in [0, 0.1) is 0 Å². The molecule has 1 aliphatic heterocycles. The number of para-hydroxylation sites is 1. The molecule has 1 N–H and O–H groups in total. The molecule has 0 saturated heterocycles. The monoisotopic (exact) mass is 399 g/mol. The van der Waals surface area contributed by atoms with Gasteiger partial charge in [-0.3, -0.25) is 9.59 Å². The van der Waals surface area contributed by atoms with Crippen molar-refractivity contribution in [2.75, 3.05) is 31.0 Å². The van der Waals surface area contributed by atoms with E-state index in [9.17, 15) is 14.7 Å². The molecule has 0 unspecified atom stereocenters. The second kappa shape index (κ2) is 8.95. The summed E-state index contributed by atoms with van der Waals surface area (Å²) >= 11 is 1.17. The summed E-state index contributed by atoms with van der Waals surface area (Å²) in [7, 11) is 1.52. The van der Waals surface area contributed by atoms with Gasteiger partial charge >= 0.3 is 0 Å². The quantitative estimate of drug-likeness (QED) is 0.688. The van der Waals surface area contributed by atoms with Crippen LogP contribution in [0.2, 0.25) is 0 Å². The van der Waals surface area contributed by atoms with Crippen LogP contribution in [0.15, 0.2) is 53.4 Å². The first-order valence-electron chi connectivity index (χ1n) is 8.85. The van der Waals surface area contributed by atoms with Crippen LogP contribution < -0.4 is 14.4 Å². The smallest absolute Gasteiger partial charge is 0.272 e. The van der Waals surface area contributed by atoms with Crippen molar-refractivity contribution in [3.63, 3.8) is 0 Å². The number of hydrogen-bond acceptors (Lipinski definition) is 6. The lowest BCUT2D eigenvalue weighted by Crippen LogP contribution is -2.31. The number of carbonyl (C=O) groups excluding carboxylic acids is 2. The Kier molecular flexibility index (Phi) is 6.38. The van der Waals surface area contributed by atoms with Crippen molar-refractivity contribution in [3.05, 3.63) is 59.0 Å². The van der Waals surface area contributed by atoms with Crippen LogP contribution in [0.4, 0.5) is 5.69 Å². The lowest BCUT2D eigenvalue weighted by atomic mass is 10.0. The maximum atomic E-state index is 13.3. The van der Waals surface area contributed by atoms with Gasteiger partial charge < -0.3 is 14.6 Å². The third-order valence-corrected chi connectivity index (χ3v) is 5.22. The number of nitrogens with zero attached hydrogens (tertiary/aromatic N) is 1. The van der Waals surface area contributed by atoms with Crippen molar-refractivity contribution in [2.24, 2.45) is 0 Å². The zero-order valence-corrected chi connectivity index (χ0v) is 16.5. The summed E-state index contributed by atoms with van der Waals surface area (Å²) in [5.41, 5.74) is 1.30. The fourth-order valence-electron chi connectivity index (χ4n) is 2.97. The minimum atomic E-state index is -0.418. The van der Waals surface area contributed by atoms with Gasteiger partial charge in [-0.2, -0.15) is 0 Å². The Bertz CT molecular complexity index is 907. The fourth-order valence-corrected chi connectivity index (χ4v) is 3.82. The van der Waals surface area contributed by atoms with Crippen molar-refractivity contribution >= 4 is 34.8 Å². The second-order valence-corrected chi connectivity index (χ2v) is 6.95. The number of amides is 2. The molecule has 0 fully saturated rings. The number of ether oxygens (including phenoxy) is 2. The van der Waals surface area contributed by atoms with E-state index in [2.05, 4.69) is 0 Å². The molecular weight excluding hydrogens is 378 g/mol. The summed E-state index contributed by atoms with van der Waals surface area (Å²) in [4.78, 5) is 27.8. The number of imide groups is 1. The molecule has 0 aromatic heterocycles. The molecule has 0 atom stereocenters. The van der Waals surface area contributed by atoms with Gasteiger partial charge in [-0.05, 0) is 37.3 Å². The number of methoxy groups -OCH3 is 1. The van der Waals surface area contributed by atoms with E-state index in [1.807, 2.05) is 6.92 Å². The summed E-state index contributed by atoms with van der Waals surface area (Å²) in [6, 6.07) is 13.9. The molecule has 2 aromatic rings. The van der Waals surface area contributed by atoms with Gasteiger partial charge in [0.1, 0.15) is 11.5 Å². The topological polar surface area (TPSA) is 76.1 Å². The van der Waals surface area contributed by atoms with Crippen molar-refractivity contribution < 1.29 is 24.2 Å². The fraction of sp³-hybridized carbons (Fsp3) is 0.238. The number of hydrogen-bond donors (Lipinski definition) is 1. The number of anilines is 1. The zero-order chi connectivity index (χ0) is 20.1. The minimum absolute atomic E-state index is 0.0993. The molecule has 7 heteroatoms. The van der Waals surface area contributed by atoms with Gasteiger partial charge in [-0.1, -0.05) is 18.2 Å². The Morgan fingerprint density at radius 3 is 2.39 bits per heavy atom. The predicted octanol–water partition coefficient (Wildman–Crippen LogP) is 3.10. The van der Waals surface area contributed by atoms with Crippen LogP contribution in [-0.2, 0) is 9.59 Å². The van der Waals surface area contributed by atoms with E-state index >= 15 is 0 Å². The summed E-state index contributed by atoms with van der Waals surface area (Å²) in [5.74, 6) is 0.657. The molecular formula is C21H21NO5S. The van der Waals surface area contributed by atoms with Gasteiger partial charge in [0.2, 0.25) is 0 Å². The highest BCUT2D eigenvalue weighted by Gasteiger charge is 2.41. The second-order valence-electron chi connectivity index (χ2n) is 5.85. The van der Waals surface area contributed by atoms with E-state index in [0.717, 1.165) is 4.90 Å². The van der Waals surface area contributed by atoms with Crippen molar-refractivity contribution in [3.8, 4) is 11.5 Å². The Labute approximate surface area is 167 Å². The number of thioether (sulfide) groups is 1. The molecule has 0 saturated carbocycles. The van der Waals surface area contributed by atoms with Crippen LogP contribution in [-0.4, -0.2) is 43.0 Å². The van der Waals surface area contributed by atoms with Gasteiger partial charge in [0.15, 0.2) is 0 Å². The van der Waals surface area contributed by atoms with Gasteiger partial charge in [-0.25, -0.2) is 4.90 Å². The van der Waals surface area contributed by atoms with Crippen LogP contribution in [0.1, 0.15) is 12.5 Å². The number of carbonyl (C=O) groups is 2. The average molecular weight is 399 g/mol. The van der Waals surface area contributed by atoms with Crippen LogP contribution in [0.5, 0.6) is 11.5 Å². The van der Waals surface area contributed by atoms with E-state index in [-0.39, 0.29) is 12.2 Å². The van der Waals surface area contributed by atoms with Crippen LogP contribution >= 0.6 is 11.8 Å². The Hall–Kier alpha value is -2.77. The summed E-state index contributed by atoms with van der Waals surface area (Å²) in [5, 5.41) is 9.21. The molecule has 1 heterocycles. The van der Waals surface area contributed by atoms with Gasteiger partial charge in [-0.15, -0.1) is 11.8 Å². The molecule has 3 rings (SSSR count). The van der Waals surface area contributed by atoms with E-state index in [0.29, 0.717) is 40.0 Å². The van der Waals surface area contributed by atoms with Crippen molar-refractivity contribution in [1.82, 2.24) is 0 Å². The van der Waals surface area contributed by atoms with E-state index < -0.39 is 11.8 Å². The number of benzene rings is 2. The third kappa shape index (κ3) is 3.76. The first-order valence-corrected chi connectivity index (χ1v) is 9.83. The Morgan fingerprint density at radius 1 is 1.04 bits per heavy atom. The molecule has 6 nitrogen and oxygen atoms in total. The highest BCUT2D eigenvalue weighted by molar-refractivity contribution is 8.04. The molecule has 0 radical (unpaired) electrons. The summed E-state index contributed by atoms with van der Waals surface area (Å²) in [6.07, 6.45) is 0. The number of rotatable bonds is 8. The summed E-state index contributed by atoms with van der Waals surface area (Å²) in [6.45, 7) is 2.32. The minimum Gasteiger partial charge on any atom is -0.496 e. The van der Waals surface area contributed by atoms with E-state index in [1.54, 1.807) is 48.5 Å². The molecule has 0 bridgehead atoms. The Morgan fingerprint density at radius 2 is 1.75 bits per heavy atom. The molecule has 2 aromatic carbocycles. The maximum absolute atomic E-state index is 13.3. The highest BCUT2D eigenvalue weighted by atomic mass is 32.2. The van der Waals surface area contributed by atoms with E-state index in [1.165, 1.54) is 18.9 Å². The SMILES string of the molecule is CCOc1ccc(N2C(=O)C(SCCO)=C(c3ccccc3OC)C2=O)cc1. The number of aliphatic hydroxyl groups is 1. The molecule has 146 valence electrons. The van der Waals surface area contributed by atoms with Crippen molar-refractivity contribution in [1.29, 1.82) is 0 Å². The van der Waals surface area contributed by atoms with Crippen molar-refractivity contribution in [2.45, 2.75) is 6.92 Å². The lowest BCUT2D eigenvalue weighted by molar-refractivity contribution is -0.119.